The van der Waals surface area contributed by atoms with Crippen LogP contribution in [0.3, 0.4) is 0 Å². The van der Waals surface area contributed by atoms with E-state index >= 15 is 0 Å². The van der Waals surface area contributed by atoms with Gasteiger partial charge in [-0.2, -0.15) is 5.26 Å². The van der Waals surface area contributed by atoms with Gasteiger partial charge in [0, 0.05) is 11.8 Å². The number of nitriles is 1. The van der Waals surface area contributed by atoms with Crippen molar-refractivity contribution in [3.05, 3.63) is 88.0 Å². The Bertz CT molecular complexity index is 1560. The number of benzene rings is 2. The Labute approximate surface area is 215 Å². The molecule has 2 heterocycles. The number of fused-ring (bicyclic) bond motifs is 1. The number of pyridine rings is 1. The molecule has 1 saturated carbocycles. The molecule has 1 aliphatic carbocycles. The van der Waals surface area contributed by atoms with Gasteiger partial charge in [-0.05, 0) is 73.7 Å². The molecule has 186 valence electrons. The molecule has 0 unspecified atom stereocenters. The van der Waals surface area contributed by atoms with Gasteiger partial charge >= 0.3 is 0 Å². The number of rotatable bonds is 7. The van der Waals surface area contributed by atoms with Crippen molar-refractivity contribution in [1.29, 1.82) is 5.26 Å². The normalized spacial score (nSPS) is 13.6. The second-order valence-electron chi connectivity index (χ2n) is 8.87. The van der Waals surface area contributed by atoms with Crippen molar-refractivity contribution >= 4 is 17.8 Å². The van der Waals surface area contributed by atoms with E-state index in [9.17, 15) is 10.1 Å². The van der Waals surface area contributed by atoms with Gasteiger partial charge in [0.1, 0.15) is 0 Å². The fourth-order valence-electron chi connectivity index (χ4n) is 4.71. The van der Waals surface area contributed by atoms with Crippen LogP contribution >= 0.6 is 0 Å². The molecule has 1 fully saturated rings. The van der Waals surface area contributed by atoms with Crippen molar-refractivity contribution in [2.75, 3.05) is 14.2 Å². The Morgan fingerprint density at radius 2 is 1.70 bits per heavy atom. The number of hydrogen-bond donors (Lipinski definition) is 0. The van der Waals surface area contributed by atoms with Gasteiger partial charge in [0.05, 0.1) is 43.2 Å². The van der Waals surface area contributed by atoms with Gasteiger partial charge in [-0.3, -0.25) is 9.20 Å². The second-order valence-corrected chi connectivity index (χ2v) is 8.87. The summed E-state index contributed by atoms with van der Waals surface area (Å²) in [6.07, 6.45) is 9.90. The zero-order chi connectivity index (χ0) is 25.8. The summed E-state index contributed by atoms with van der Waals surface area (Å²) in [6.45, 7) is 0. The molecule has 0 bridgehead atoms. The lowest BCUT2D eigenvalue weighted by atomic mass is 10.0. The molecule has 0 N–H and O–H groups in total. The van der Waals surface area contributed by atoms with Crippen molar-refractivity contribution in [2.24, 2.45) is 0 Å². The summed E-state index contributed by atoms with van der Waals surface area (Å²) in [5, 5.41) is 9.21. The molecule has 7 nitrogen and oxygen atoms in total. The van der Waals surface area contributed by atoms with Gasteiger partial charge in [0.2, 0.25) is 0 Å². The number of methoxy groups -OCH3 is 2. The molecule has 0 saturated heterocycles. The first-order chi connectivity index (χ1) is 18.1. The summed E-state index contributed by atoms with van der Waals surface area (Å²) in [7, 11) is 3.18. The standard InChI is InChI=1S/C30H27N3O4/c1-35-25-10-5-7-22(28(25)37-23-8-3-4-9-23)16-17-24-27(21-14-12-20(19-31)13-15-21)30(34)33-18-6-11-26(36-2)29(33)32-24/h5-7,10-18,23H,3-4,8-9H2,1-2H3. The molecule has 2 aromatic carbocycles. The summed E-state index contributed by atoms with van der Waals surface area (Å²) < 4.78 is 18.9. The molecular weight excluding hydrogens is 466 g/mol. The molecule has 0 atom stereocenters. The van der Waals surface area contributed by atoms with E-state index in [0.717, 1.165) is 31.2 Å². The number of nitrogens with zero attached hydrogens (tertiary/aromatic N) is 3. The number of hydrogen-bond acceptors (Lipinski definition) is 6. The molecular formula is C30H27N3O4. The van der Waals surface area contributed by atoms with Gasteiger partial charge in [-0.15, -0.1) is 0 Å². The molecule has 4 aromatic rings. The minimum atomic E-state index is -0.235. The molecule has 37 heavy (non-hydrogen) atoms. The van der Waals surface area contributed by atoms with Gasteiger partial charge < -0.3 is 14.2 Å². The average molecular weight is 494 g/mol. The summed E-state index contributed by atoms with van der Waals surface area (Å²) in [4.78, 5) is 18.5. The van der Waals surface area contributed by atoms with Crippen LogP contribution in [0.4, 0.5) is 0 Å². The Hall–Kier alpha value is -4.57. The van der Waals surface area contributed by atoms with Gasteiger partial charge in [-0.1, -0.05) is 24.3 Å². The molecule has 0 spiro atoms. The number of para-hydroxylation sites is 1. The van der Waals surface area contributed by atoms with Gasteiger partial charge in [0.25, 0.3) is 5.56 Å². The van der Waals surface area contributed by atoms with Crippen molar-refractivity contribution in [3.8, 4) is 34.4 Å². The van der Waals surface area contributed by atoms with Crippen LogP contribution in [0, 0.1) is 11.3 Å². The molecule has 2 aromatic heterocycles. The second kappa shape index (κ2) is 10.6. The van der Waals surface area contributed by atoms with E-state index < -0.39 is 0 Å². The first kappa shape index (κ1) is 24.1. The fraction of sp³-hybridized carbons (Fsp3) is 0.233. The monoisotopic (exact) mass is 493 g/mol. The molecule has 7 heteroatoms. The minimum Gasteiger partial charge on any atom is -0.493 e. The van der Waals surface area contributed by atoms with Crippen LogP contribution in [0.25, 0.3) is 28.9 Å². The molecule has 0 amide bonds. The van der Waals surface area contributed by atoms with Gasteiger partial charge in [-0.25, -0.2) is 4.98 Å². The number of ether oxygens (including phenoxy) is 3. The SMILES string of the molecule is COc1cccc(C=Cc2nc3c(OC)cccn3c(=O)c2-c2ccc(C#N)cc2)c1OC1CCCC1. The van der Waals surface area contributed by atoms with Gasteiger partial charge in [0.15, 0.2) is 22.9 Å². The third-order valence-electron chi connectivity index (χ3n) is 6.61. The summed E-state index contributed by atoms with van der Waals surface area (Å²) in [5.74, 6) is 1.84. The predicted octanol–water partition coefficient (Wildman–Crippen LogP) is 5.74. The van der Waals surface area contributed by atoms with E-state index in [4.69, 9.17) is 19.2 Å². The van der Waals surface area contributed by atoms with Crippen LogP contribution in [0.5, 0.6) is 17.2 Å². The summed E-state index contributed by atoms with van der Waals surface area (Å²) in [5.41, 5.74) is 3.10. The van der Waals surface area contributed by atoms with Crippen LogP contribution < -0.4 is 19.8 Å². The Morgan fingerprint density at radius 1 is 0.973 bits per heavy atom. The fourth-order valence-corrected chi connectivity index (χ4v) is 4.71. The van der Waals surface area contributed by atoms with Crippen LogP contribution in [0.1, 0.15) is 42.5 Å². The van der Waals surface area contributed by atoms with Crippen molar-refractivity contribution in [1.82, 2.24) is 9.38 Å². The van der Waals surface area contributed by atoms with E-state index in [2.05, 4.69) is 6.07 Å². The lowest BCUT2D eigenvalue weighted by molar-refractivity contribution is 0.200. The topological polar surface area (TPSA) is 85.9 Å². The van der Waals surface area contributed by atoms with Crippen LogP contribution in [0.15, 0.2) is 65.6 Å². The summed E-state index contributed by atoms with van der Waals surface area (Å²) in [6, 6.07) is 18.3. The zero-order valence-corrected chi connectivity index (χ0v) is 20.8. The Balaban J connectivity index is 1.67. The van der Waals surface area contributed by atoms with E-state index in [-0.39, 0.29) is 11.7 Å². The Kier molecular flexibility index (Phi) is 6.91. The maximum Gasteiger partial charge on any atom is 0.266 e. The minimum absolute atomic E-state index is 0.158. The summed E-state index contributed by atoms with van der Waals surface area (Å²) >= 11 is 0. The van der Waals surface area contributed by atoms with Crippen LogP contribution in [-0.2, 0) is 0 Å². The molecule has 0 aliphatic heterocycles. The average Bonchev–Trinajstić information content (AvgIpc) is 3.45. The van der Waals surface area contributed by atoms with Crippen molar-refractivity contribution in [2.45, 2.75) is 31.8 Å². The molecule has 0 radical (unpaired) electrons. The highest BCUT2D eigenvalue weighted by molar-refractivity contribution is 5.82. The first-order valence-electron chi connectivity index (χ1n) is 12.2. The smallest absolute Gasteiger partial charge is 0.266 e. The lowest BCUT2D eigenvalue weighted by Crippen LogP contribution is -2.19. The van der Waals surface area contributed by atoms with Crippen LogP contribution in [-0.4, -0.2) is 29.7 Å². The maximum absolute atomic E-state index is 13.7. The highest BCUT2D eigenvalue weighted by Crippen LogP contribution is 2.36. The van der Waals surface area contributed by atoms with Crippen molar-refractivity contribution < 1.29 is 14.2 Å². The highest BCUT2D eigenvalue weighted by Gasteiger charge is 2.20. The third-order valence-corrected chi connectivity index (χ3v) is 6.61. The highest BCUT2D eigenvalue weighted by atomic mass is 16.5. The zero-order valence-electron chi connectivity index (χ0n) is 20.8. The molecule has 1 aliphatic rings. The van der Waals surface area contributed by atoms with E-state index in [1.807, 2.05) is 30.4 Å². The third kappa shape index (κ3) is 4.78. The molecule has 5 rings (SSSR count). The Morgan fingerprint density at radius 3 is 2.41 bits per heavy atom. The first-order valence-corrected chi connectivity index (χ1v) is 12.2. The van der Waals surface area contributed by atoms with E-state index in [0.29, 0.717) is 45.3 Å². The van der Waals surface area contributed by atoms with E-state index in [1.54, 1.807) is 56.8 Å². The lowest BCUT2D eigenvalue weighted by Gasteiger charge is -2.18. The largest absolute Gasteiger partial charge is 0.493 e. The van der Waals surface area contributed by atoms with E-state index in [1.165, 1.54) is 4.40 Å². The maximum atomic E-state index is 13.7. The quantitative estimate of drug-likeness (QED) is 0.326. The number of aromatic nitrogens is 2. The van der Waals surface area contributed by atoms with Crippen LogP contribution in [0.2, 0.25) is 0 Å². The predicted molar refractivity (Wildman–Crippen MR) is 143 cm³/mol. The van der Waals surface area contributed by atoms with Crippen molar-refractivity contribution in [3.63, 3.8) is 0 Å².